The molecule has 1 amide bonds. The molecule has 8 heteroatoms. The van der Waals surface area contributed by atoms with Gasteiger partial charge in [-0.2, -0.15) is 0 Å². The molecule has 0 saturated carbocycles. The smallest absolute Gasteiger partial charge is 0.261 e. The van der Waals surface area contributed by atoms with Crippen LogP contribution in [0.3, 0.4) is 0 Å². The predicted molar refractivity (Wildman–Crippen MR) is 175 cm³/mol. The number of hydrogen-bond acceptors (Lipinski definition) is 6. The molecular weight excluding hydrogens is 538 g/mol. The monoisotopic (exact) mass is 581 g/mol. The summed E-state index contributed by atoms with van der Waals surface area (Å²) in [5, 5.41) is 3.88. The Hall–Kier alpha value is -2.58. The van der Waals surface area contributed by atoms with Crippen LogP contribution in [0.2, 0.25) is 0 Å². The topological polar surface area (TPSA) is 51.2 Å². The molecule has 1 N–H and O–H groups in total. The number of amides is 1. The largest absolute Gasteiger partial charge is 0.364 e. The van der Waals surface area contributed by atoms with Crippen LogP contribution in [0.15, 0.2) is 87.3 Å². The van der Waals surface area contributed by atoms with Crippen LogP contribution in [0.25, 0.3) is 0 Å². The first-order valence-electron chi connectivity index (χ1n) is 14.2. The van der Waals surface area contributed by atoms with Gasteiger partial charge in [0.15, 0.2) is 0 Å². The fourth-order valence-electron chi connectivity index (χ4n) is 4.79. The van der Waals surface area contributed by atoms with Gasteiger partial charge in [-0.25, -0.2) is 0 Å². The number of carbonyl (C=O) groups excluding carboxylic acids is 1. The van der Waals surface area contributed by atoms with Gasteiger partial charge < -0.3 is 20.0 Å². The van der Waals surface area contributed by atoms with Gasteiger partial charge in [0.05, 0.1) is 21.3 Å². The Balaban J connectivity index is 1.76. The number of carbonyl (C=O) groups is 1. The predicted octanol–water partition coefficient (Wildman–Crippen LogP) is 6.17. The Morgan fingerprint density at radius 1 is 1.12 bits per heavy atom. The van der Waals surface area contributed by atoms with E-state index in [1.54, 1.807) is 0 Å². The molecule has 1 unspecified atom stereocenters. The van der Waals surface area contributed by atoms with Crippen molar-refractivity contribution >= 4 is 47.4 Å². The number of rotatable bonds is 17. The summed E-state index contributed by atoms with van der Waals surface area (Å²) in [5.41, 5.74) is 3.89. The lowest BCUT2D eigenvalue weighted by Crippen LogP contribution is -2.41. The van der Waals surface area contributed by atoms with E-state index in [1.807, 2.05) is 48.4 Å². The van der Waals surface area contributed by atoms with E-state index in [0.717, 1.165) is 61.5 Å². The molecule has 0 spiro atoms. The average Bonchev–Trinajstić information content (AvgIpc) is 3.18. The highest BCUT2D eigenvalue weighted by atomic mass is 35.5. The van der Waals surface area contributed by atoms with Crippen molar-refractivity contribution in [1.29, 1.82) is 0 Å². The number of nitrogens with zero attached hydrogens (tertiary/aromatic N) is 4. The molecule has 0 saturated heterocycles. The number of thioether (sulfide) groups is 1. The van der Waals surface area contributed by atoms with Crippen molar-refractivity contribution in [3.63, 3.8) is 0 Å². The lowest BCUT2D eigenvalue weighted by Gasteiger charge is -2.32. The molecule has 0 radical (unpaired) electrons. The van der Waals surface area contributed by atoms with Crippen molar-refractivity contribution in [3.8, 4) is 0 Å². The third-order valence-electron chi connectivity index (χ3n) is 7.07. The van der Waals surface area contributed by atoms with Gasteiger partial charge >= 0.3 is 0 Å². The molecular formula is C32H44ClN5OS. The number of likely N-dealkylation sites (N-methyl/N-ethyl adjacent to an activating group) is 2. The zero-order valence-electron chi connectivity index (χ0n) is 24.2. The van der Waals surface area contributed by atoms with Crippen LogP contribution in [0.4, 0.5) is 11.4 Å². The highest BCUT2D eigenvalue weighted by Crippen LogP contribution is 2.40. The zero-order valence-corrected chi connectivity index (χ0v) is 25.8. The number of fused-ring (bicyclic) bond motifs is 1. The van der Waals surface area contributed by atoms with Crippen molar-refractivity contribution in [2.45, 2.75) is 31.9 Å². The Morgan fingerprint density at radius 3 is 2.65 bits per heavy atom. The van der Waals surface area contributed by atoms with Gasteiger partial charge in [-0.05, 0) is 50.9 Å². The van der Waals surface area contributed by atoms with E-state index in [0.29, 0.717) is 36.1 Å². The molecule has 1 aliphatic heterocycles. The summed E-state index contributed by atoms with van der Waals surface area (Å²) in [6, 6.07) is 8.04. The standard InChI is InChI=1S/C32H44ClN5OS/c1-6-18-37(32(39)31-30(33)26-12-8-9-13-27(23-26)40-31)21-22-38(29-15-11-10-14-28(29)35-5)24-25(3)16-19-36(7-2)20-17-34-4/h8-15,23,27,34H,3,5-7,16-22,24H2,1-2,4H3. The van der Waals surface area contributed by atoms with Gasteiger partial charge in [-0.1, -0.05) is 80.1 Å². The summed E-state index contributed by atoms with van der Waals surface area (Å²) in [4.78, 5) is 25.4. The van der Waals surface area contributed by atoms with Crippen LogP contribution >= 0.6 is 23.4 Å². The van der Waals surface area contributed by atoms with Crippen LogP contribution in [0.5, 0.6) is 0 Å². The molecule has 1 aromatic carbocycles. The van der Waals surface area contributed by atoms with E-state index in [-0.39, 0.29) is 11.2 Å². The number of anilines is 1. The van der Waals surface area contributed by atoms with Gasteiger partial charge in [0.25, 0.3) is 5.91 Å². The van der Waals surface area contributed by atoms with Crippen LogP contribution in [-0.4, -0.2) is 87.1 Å². The highest BCUT2D eigenvalue weighted by Gasteiger charge is 2.28. The zero-order chi connectivity index (χ0) is 28.9. The minimum Gasteiger partial charge on any atom is -0.364 e. The normalized spacial score (nSPS) is 16.1. The summed E-state index contributed by atoms with van der Waals surface area (Å²) < 4.78 is 0. The van der Waals surface area contributed by atoms with Gasteiger partial charge in [0, 0.05) is 51.1 Å². The molecule has 6 nitrogen and oxygen atoms in total. The molecule has 0 fully saturated rings. The second-order valence-electron chi connectivity index (χ2n) is 9.99. The second kappa shape index (κ2) is 16.6. The number of hydrogen-bond donors (Lipinski definition) is 1. The van der Waals surface area contributed by atoms with Gasteiger partial charge in [-0.15, -0.1) is 11.8 Å². The maximum Gasteiger partial charge on any atom is 0.261 e. The van der Waals surface area contributed by atoms with Gasteiger partial charge in [-0.3, -0.25) is 9.79 Å². The van der Waals surface area contributed by atoms with E-state index in [2.05, 4.69) is 65.5 Å². The maximum atomic E-state index is 13.8. The van der Waals surface area contributed by atoms with Crippen molar-refractivity contribution in [1.82, 2.24) is 15.1 Å². The van der Waals surface area contributed by atoms with Crippen LogP contribution in [-0.2, 0) is 4.79 Å². The number of para-hydroxylation sites is 2. The lowest BCUT2D eigenvalue weighted by atomic mass is 10.1. The SMILES string of the molecule is C=Nc1ccccc1N(CCN(CCC)C(=O)C1=C(Cl)C2=CC(C=CC=C2)S1)CC(=C)CCN(CC)CCNC. The molecule has 2 bridgehead atoms. The Bertz CT molecular complexity index is 1160. The van der Waals surface area contributed by atoms with E-state index < -0.39 is 0 Å². The average molecular weight is 582 g/mol. The summed E-state index contributed by atoms with van der Waals surface area (Å²) >= 11 is 8.27. The molecule has 1 aromatic rings. The number of benzene rings is 1. The fraction of sp³-hybridized carbons (Fsp3) is 0.438. The molecule has 1 aliphatic carbocycles. The first-order chi connectivity index (χ1) is 19.4. The maximum absolute atomic E-state index is 13.8. The second-order valence-corrected chi connectivity index (χ2v) is 11.6. The molecule has 1 heterocycles. The van der Waals surface area contributed by atoms with Crippen LogP contribution in [0, 0.1) is 0 Å². The summed E-state index contributed by atoms with van der Waals surface area (Å²) in [6.07, 6.45) is 11.9. The minimum atomic E-state index is -0.00632. The van der Waals surface area contributed by atoms with E-state index >= 15 is 0 Å². The number of halogens is 1. The summed E-state index contributed by atoms with van der Waals surface area (Å²) in [6.45, 7) is 19.0. The summed E-state index contributed by atoms with van der Waals surface area (Å²) in [5.74, 6) is -0.00632. The number of allylic oxidation sites excluding steroid dienone is 5. The molecule has 216 valence electrons. The number of aliphatic imine (C=N–C) groups is 1. The van der Waals surface area contributed by atoms with E-state index in [9.17, 15) is 4.79 Å². The molecule has 2 aliphatic rings. The van der Waals surface area contributed by atoms with E-state index in [1.165, 1.54) is 11.8 Å². The first-order valence-corrected chi connectivity index (χ1v) is 15.4. The van der Waals surface area contributed by atoms with Gasteiger partial charge in [0.1, 0.15) is 0 Å². The Morgan fingerprint density at radius 2 is 1.93 bits per heavy atom. The Kier molecular flexibility index (Phi) is 13.3. The van der Waals surface area contributed by atoms with Crippen molar-refractivity contribution in [2.24, 2.45) is 4.99 Å². The van der Waals surface area contributed by atoms with E-state index in [4.69, 9.17) is 11.6 Å². The van der Waals surface area contributed by atoms with Crippen molar-refractivity contribution < 1.29 is 4.79 Å². The quantitative estimate of drug-likeness (QED) is 0.176. The fourth-order valence-corrected chi connectivity index (χ4v) is 6.23. The minimum absolute atomic E-state index is 0.00632. The molecule has 3 rings (SSSR count). The third kappa shape index (κ3) is 8.96. The lowest BCUT2D eigenvalue weighted by molar-refractivity contribution is -0.126. The van der Waals surface area contributed by atoms with Crippen LogP contribution < -0.4 is 10.2 Å². The van der Waals surface area contributed by atoms with Crippen LogP contribution in [0.1, 0.15) is 26.7 Å². The Labute approximate surface area is 250 Å². The highest BCUT2D eigenvalue weighted by molar-refractivity contribution is 8.05. The third-order valence-corrected chi connectivity index (χ3v) is 8.77. The molecule has 40 heavy (non-hydrogen) atoms. The molecule has 1 atom stereocenters. The first kappa shape index (κ1) is 31.9. The number of nitrogens with one attached hydrogen (secondary N) is 1. The molecule has 0 aromatic heterocycles. The van der Waals surface area contributed by atoms with Gasteiger partial charge in [0.2, 0.25) is 0 Å². The van der Waals surface area contributed by atoms with Crippen molar-refractivity contribution in [2.75, 3.05) is 64.3 Å². The summed E-state index contributed by atoms with van der Waals surface area (Å²) in [7, 11) is 1.98. The van der Waals surface area contributed by atoms with Crippen molar-refractivity contribution in [3.05, 3.63) is 82.3 Å².